The standard InChI is InChI=1S/C22H24F5N3O4/c1-10-15(12-6-7-13(23)16(24)17(12)33-5)18(34-21(10,4)22(25,26)27)19(31)29-11-8-14(20(2,3)32)30-28-9-11/h6-10,15,18,32H,1-5H3,(H,29,30,31)/t10-,15-,18+,21+/m0/s1. The van der Waals surface area contributed by atoms with Crippen LogP contribution >= 0.6 is 0 Å². The van der Waals surface area contributed by atoms with E-state index >= 15 is 0 Å². The van der Waals surface area contributed by atoms with E-state index in [0.717, 1.165) is 32.4 Å². The van der Waals surface area contributed by atoms with Crippen molar-refractivity contribution in [2.24, 2.45) is 5.92 Å². The number of aromatic nitrogens is 2. The Kier molecular flexibility index (Phi) is 6.61. The Labute approximate surface area is 192 Å². The van der Waals surface area contributed by atoms with Gasteiger partial charge in [-0.3, -0.25) is 4.79 Å². The van der Waals surface area contributed by atoms with Crippen LogP contribution in [0.15, 0.2) is 24.4 Å². The molecule has 0 saturated carbocycles. The SMILES string of the molecule is COc1c([C@H]2[C@H](C(=O)Nc3cnnc(C(C)(C)O)c3)O[C@@](C)(C(F)(F)F)[C@H]2C)ccc(F)c1F. The van der Waals surface area contributed by atoms with Gasteiger partial charge in [-0.2, -0.15) is 27.8 Å². The lowest BCUT2D eigenvalue weighted by atomic mass is 9.77. The highest BCUT2D eigenvalue weighted by atomic mass is 19.4. The topological polar surface area (TPSA) is 93.6 Å². The molecule has 0 bridgehead atoms. The summed E-state index contributed by atoms with van der Waals surface area (Å²) < 4.78 is 80.4. The molecule has 0 unspecified atom stereocenters. The van der Waals surface area contributed by atoms with E-state index < -0.39 is 58.6 Å². The van der Waals surface area contributed by atoms with Gasteiger partial charge in [0.15, 0.2) is 17.2 Å². The molecule has 34 heavy (non-hydrogen) atoms. The third kappa shape index (κ3) is 4.43. The van der Waals surface area contributed by atoms with Crippen LogP contribution in [0.1, 0.15) is 44.9 Å². The van der Waals surface area contributed by atoms with E-state index in [9.17, 15) is 31.9 Å². The zero-order chi connectivity index (χ0) is 25.6. The van der Waals surface area contributed by atoms with Crippen molar-refractivity contribution < 1.29 is 41.3 Å². The van der Waals surface area contributed by atoms with Crippen molar-refractivity contribution in [3.8, 4) is 5.75 Å². The van der Waals surface area contributed by atoms with E-state index in [1.54, 1.807) is 0 Å². The molecule has 2 N–H and O–H groups in total. The molecule has 0 spiro atoms. The Balaban J connectivity index is 2.07. The zero-order valence-electron chi connectivity index (χ0n) is 19.0. The van der Waals surface area contributed by atoms with E-state index in [1.807, 2.05) is 0 Å². The van der Waals surface area contributed by atoms with Crippen LogP contribution in [-0.4, -0.2) is 46.2 Å². The second-order valence-electron chi connectivity index (χ2n) is 8.82. The van der Waals surface area contributed by atoms with Crippen LogP contribution in [0.4, 0.5) is 27.6 Å². The Bertz CT molecular complexity index is 1090. The molecule has 1 aliphatic rings. The molecule has 1 saturated heterocycles. The summed E-state index contributed by atoms with van der Waals surface area (Å²) in [7, 11) is 1.04. The second-order valence-corrected chi connectivity index (χ2v) is 8.82. The van der Waals surface area contributed by atoms with Crippen LogP contribution in [0.3, 0.4) is 0 Å². The number of aliphatic hydroxyl groups is 1. The van der Waals surface area contributed by atoms with Crippen molar-refractivity contribution in [1.29, 1.82) is 0 Å². The van der Waals surface area contributed by atoms with E-state index in [0.29, 0.717) is 0 Å². The van der Waals surface area contributed by atoms with Crippen LogP contribution in [0.25, 0.3) is 0 Å². The number of ether oxygens (including phenoxy) is 2. The minimum absolute atomic E-state index is 0.0463. The summed E-state index contributed by atoms with van der Waals surface area (Å²) in [4.78, 5) is 13.1. The molecule has 7 nitrogen and oxygen atoms in total. The molecule has 2 heterocycles. The first-order valence-corrected chi connectivity index (χ1v) is 10.2. The van der Waals surface area contributed by atoms with Crippen LogP contribution in [0.5, 0.6) is 5.75 Å². The van der Waals surface area contributed by atoms with Crippen LogP contribution in [0, 0.1) is 17.6 Å². The van der Waals surface area contributed by atoms with Gasteiger partial charge in [0.25, 0.3) is 5.91 Å². The molecule has 186 valence electrons. The lowest BCUT2D eigenvalue weighted by Gasteiger charge is -2.32. The highest BCUT2D eigenvalue weighted by molar-refractivity contribution is 5.95. The Morgan fingerprint density at radius 1 is 1.26 bits per heavy atom. The first-order valence-electron chi connectivity index (χ1n) is 10.2. The number of nitrogens with one attached hydrogen (secondary N) is 1. The number of carbonyl (C=O) groups is 1. The van der Waals surface area contributed by atoms with E-state index in [2.05, 4.69) is 15.5 Å². The van der Waals surface area contributed by atoms with Gasteiger partial charge in [0.2, 0.25) is 5.82 Å². The average Bonchev–Trinajstić information content (AvgIpc) is 3.01. The van der Waals surface area contributed by atoms with Gasteiger partial charge in [-0.05, 0) is 32.9 Å². The van der Waals surface area contributed by atoms with E-state index in [4.69, 9.17) is 9.47 Å². The highest BCUT2D eigenvalue weighted by Crippen LogP contribution is 2.55. The smallest absolute Gasteiger partial charge is 0.417 e. The summed E-state index contributed by atoms with van der Waals surface area (Å²) in [5.41, 5.74) is -4.17. The van der Waals surface area contributed by atoms with E-state index in [-0.39, 0.29) is 16.9 Å². The summed E-state index contributed by atoms with van der Waals surface area (Å²) in [6.07, 6.45) is -5.49. The molecular weight excluding hydrogens is 465 g/mol. The van der Waals surface area contributed by atoms with Gasteiger partial charge in [0, 0.05) is 17.4 Å². The molecule has 1 aromatic carbocycles. The number of nitrogens with zero attached hydrogens (tertiary/aromatic N) is 2. The van der Waals surface area contributed by atoms with Crippen LogP contribution < -0.4 is 10.1 Å². The minimum Gasteiger partial charge on any atom is -0.493 e. The summed E-state index contributed by atoms with van der Waals surface area (Å²) in [6.45, 7) is 4.88. The summed E-state index contributed by atoms with van der Waals surface area (Å²) in [6, 6.07) is 3.13. The first-order chi connectivity index (χ1) is 15.6. The highest BCUT2D eigenvalue weighted by Gasteiger charge is 2.65. The molecule has 0 aliphatic carbocycles. The Morgan fingerprint density at radius 3 is 2.47 bits per heavy atom. The van der Waals surface area contributed by atoms with Gasteiger partial charge >= 0.3 is 6.18 Å². The molecular formula is C22H24F5N3O4. The maximum absolute atomic E-state index is 14.4. The number of benzene rings is 1. The summed E-state index contributed by atoms with van der Waals surface area (Å²) in [5, 5.41) is 20.0. The van der Waals surface area contributed by atoms with Crippen LogP contribution in [-0.2, 0) is 15.1 Å². The van der Waals surface area contributed by atoms with Crippen molar-refractivity contribution in [3.63, 3.8) is 0 Å². The fourth-order valence-corrected chi connectivity index (χ4v) is 3.99. The number of methoxy groups -OCH3 is 1. The maximum Gasteiger partial charge on any atom is 0.417 e. The molecule has 1 aliphatic heterocycles. The molecule has 3 rings (SSSR count). The number of hydrogen-bond donors (Lipinski definition) is 2. The lowest BCUT2D eigenvalue weighted by molar-refractivity contribution is -0.272. The molecule has 2 aromatic rings. The Hall–Kier alpha value is -2.86. The molecule has 1 aromatic heterocycles. The van der Waals surface area contributed by atoms with Gasteiger partial charge in [-0.25, -0.2) is 4.39 Å². The molecule has 1 amide bonds. The molecule has 1 fully saturated rings. The molecule has 12 heteroatoms. The number of rotatable bonds is 5. The minimum atomic E-state index is -4.88. The van der Waals surface area contributed by atoms with Crippen molar-refractivity contribution in [2.75, 3.05) is 12.4 Å². The van der Waals surface area contributed by atoms with Crippen molar-refractivity contribution in [2.45, 2.75) is 57.1 Å². The van der Waals surface area contributed by atoms with Crippen LogP contribution in [0.2, 0.25) is 0 Å². The average molecular weight is 489 g/mol. The predicted octanol–water partition coefficient (Wildman–Crippen LogP) is 4.07. The van der Waals surface area contributed by atoms with Gasteiger partial charge in [-0.15, -0.1) is 0 Å². The number of amides is 1. The zero-order valence-corrected chi connectivity index (χ0v) is 19.0. The van der Waals surface area contributed by atoms with Crippen molar-refractivity contribution >= 4 is 11.6 Å². The van der Waals surface area contributed by atoms with Crippen molar-refractivity contribution in [1.82, 2.24) is 10.2 Å². The quantitative estimate of drug-likeness (QED) is 0.616. The first kappa shape index (κ1) is 25.8. The summed E-state index contributed by atoms with van der Waals surface area (Å²) >= 11 is 0. The largest absolute Gasteiger partial charge is 0.493 e. The maximum atomic E-state index is 14.4. The third-order valence-electron chi connectivity index (χ3n) is 6.12. The number of alkyl halides is 3. The third-order valence-corrected chi connectivity index (χ3v) is 6.12. The Morgan fingerprint density at radius 2 is 1.91 bits per heavy atom. The molecule has 4 atom stereocenters. The van der Waals surface area contributed by atoms with Crippen molar-refractivity contribution in [3.05, 3.63) is 47.3 Å². The normalized spacial score (nSPS) is 25.3. The second kappa shape index (κ2) is 8.73. The fourth-order valence-electron chi connectivity index (χ4n) is 3.99. The number of carbonyl (C=O) groups excluding carboxylic acids is 1. The monoisotopic (exact) mass is 489 g/mol. The van der Waals surface area contributed by atoms with E-state index in [1.165, 1.54) is 26.8 Å². The van der Waals surface area contributed by atoms with Gasteiger partial charge in [-0.1, -0.05) is 13.0 Å². The lowest BCUT2D eigenvalue weighted by Crippen LogP contribution is -2.47. The van der Waals surface area contributed by atoms with Gasteiger partial charge in [0.05, 0.1) is 24.7 Å². The predicted molar refractivity (Wildman–Crippen MR) is 110 cm³/mol. The number of halogens is 5. The number of anilines is 1. The molecule has 0 radical (unpaired) electrons. The van der Waals surface area contributed by atoms with Gasteiger partial charge in [0.1, 0.15) is 11.7 Å². The fraction of sp³-hybridized carbons (Fsp3) is 0.500. The number of hydrogen-bond acceptors (Lipinski definition) is 6. The van der Waals surface area contributed by atoms with Gasteiger partial charge < -0.3 is 19.9 Å². The summed E-state index contributed by atoms with van der Waals surface area (Å²) in [5.74, 6) is -6.97.